The maximum absolute atomic E-state index is 11.9. The van der Waals surface area contributed by atoms with Gasteiger partial charge < -0.3 is 16.0 Å². The molecule has 2 heterocycles. The number of nitrogens with one attached hydrogen (secondary N) is 1. The molecular formula is C13H21N5O. The van der Waals surface area contributed by atoms with Crippen LogP contribution in [0.2, 0.25) is 0 Å². The van der Waals surface area contributed by atoms with E-state index in [1.54, 1.807) is 13.1 Å². The minimum absolute atomic E-state index is 0.0285. The molecule has 6 nitrogen and oxygen atoms in total. The summed E-state index contributed by atoms with van der Waals surface area (Å²) < 4.78 is 0. The zero-order valence-corrected chi connectivity index (χ0v) is 11.7. The Morgan fingerprint density at radius 3 is 2.89 bits per heavy atom. The van der Waals surface area contributed by atoms with Crippen LogP contribution in [0.4, 0.5) is 11.6 Å². The van der Waals surface area contributed by atoms with Gasteiger partial charge in [0, 0.05) is 25.6 Å². The molecule has 1 aromatic rings. The number of anilines is 2. The molecule has 1 unspecified atom stereocenters. The Labute approximate surface area is 113 Å². The zero-order valence-electron chi connectivity index (χ0n) is 11.7. The van der Waals surface area contributed by atoms with Gasteiger partial charge in [-0.1, -0.05) is 13.8 Å². The largest absolute Gasteiger partial charge is 0.384 e. The molecule has 0 aliphatic carbocycles. The maximum Gasteiger partial charge on any atom is 0.242 e. The lowest BCUT2D eigenvalue weighted by Gasteiger charge is -2.25. The highest BCUT2D eigenvalue weighted by Crippen LogP contribution is 2.26. The van der Waals surface area contributed by atoms with E-state index in [4.69, 9.17) is 5.73 Å². The van der Waals surface area contributed by atoms with Crippen molar-refractivity contribution in [3.05, 3.63) is 11.9 Å². The van der Waals surface area contributed by atoms with Crippen molar-refractivity contribution in [3.8, 4) is 0 Å². The fourth-order valence-corrected chi connectivity index (χ4v) is 2.36. The highest BCUT2D eigenvalue weighted by molar-refractivity contribution is 5.85. The maximum atomic E-state index is 11.9. The second kappa shape index (κ2) is 5.42. The van der Waals surface area contributed by atoms with Gasteiger partial charge in [0.2, 0.25) is 5.91 Å². The third kappa shape index (κ3) is 2.77. The highest BCUT2D eigenvalue weighted by Gasteiger charge is 2.31. The minimum atomic E-state index is -0.153. The second-order valence-corrected chi connectivity index (χ2v) is 5.13. The zero-order chi connectivity index (χ0) is 14.0. The van der Waals surface area contributed by atoms with Gasteiger partial charge in [-0.05, 0) is 12.8 Å². The summed E-state index contributed by atoms with van der Waals surface area (Å²) >= 11 is 0. The number of hydrogen-bond acceptors (Lipinski definition) is 5. The summed E-state index contributed by atoms with van der Waals surface area (Å²) in [7, 11) is 1.66. The highest BCUT2D eigenvalue weighted by atomic mass is 16.2. The van der Waals surface area contributed by atoms with Crippen molar-refractivity contribution in [1.82, 2.24) is 15.3 Å². The van der Waals surface area contributed by atoms with Crippen LogP contribution in [-0.4, -0.2) is 35.5 Å². The summed E-state index contributed by atoms with van der Waals surface area (Å²) in [4.78, 5) is 22.7. The predicted molar refractivity (Wildman–Crippen MR) is 75.0 cm³/mol. The molecule has 104 valence electrons. The predicted octanol–water partition coefficient (Wildman–Crippen LogP) is 0.897. The molecule has 0 bridgehead atoms. The van der Waals surface area contributed by atoms with Crippen molar-refractivity contribution in [2.24, 2.45) is 0 Å². The van der Waals surface area contributed by atoms with Crippen LogP contribution in [-0.2, 0) is 4.79 Å². The molecule has 1 amide bonds. The summed E-state index contributed by atoms with van der Waals surface area (Å²) in [5, 5.41) is 2.70. The molecular weight excluding hydrogens is 242 g/mol. The first-order valence-electron chi connectivity index (χ1n) is 6.65. The van der Waals surface area contributed by atoms with E-state index in [0.717, 1.165) is 31.0 Å². The lowest BCUT2D eigenvalue weighted by atomic mass is 10.2. The number of nitrogen functional groups attached to an aromatic ring is 1. The van der Waals surface area contributed by atoms with Crippen LogP contribution in [0.5, 0.6) is 0 Å². The van der Waals surface area contributed by atoms with Crippen LogP contribution in [0.3, 0.4) is 0 Å². The van der Waals surface area contributed by atoms with E-state index in [2.05, 4.69) is 15.3 Å². The van der Waals surface area contributed by atoms with Gasteiger partial charge in [-0.25, -0.2) is 9.97 Å². The molecule has 1 fully saturated rings. The van der Waals surface area contributed by atoms with Gasteiger partial charge in [-0.3, -0.25) is 4.79 Å². The van der Waals surface area contributed by atoms with E-state index in [1.165, 1.54) is 0 Å². The number of carbonyl (C=O) groups is 1. The van der Waals surface area contributed by atoms with Crippen molar-refractivity contribution in [2.45, 2.75) is 38.6 Å². The average molecular weight is 263 g/mol. The average Bonchev–Trinajstić information content (AvgIpc) is 2.86. The Balaban J connectivity index is 2.32. The first kappa shape index (κ1) is 13.6. The molecule has 0 saturated carbocycles. The van der Waals surface area contributed by atoms with Crippen molar-refractivity contribution in [2.75, 3.05) is 24.2 Å². The van der Waals surface area contributed by atoms with E-state index in [9.17, 15) is 4.79 Å². The molecule has 0 radical (unpaired) electrons. The molecule has 1 saturated heterocycles. The van der Waals surface area contributed by atoms with Gasteiger partial charge in [-0.2, -0.15) is 0 Å². The van der Waals surface area contributed by atoms with E-state index >= 15 is 0 Å². The molecule has 6 heteroatoms. The van der Waals surface area contributed by atoms with Gasteiger partial charge in [0.1, 0.15) is 23.5 Å². The number of nitrogens with zero attached hydrogens (tertiary/aromatic N) is 3. The Bertz CT molecular complexity index is 474. The fraction of sp³-hybridized carbons (Fsp3) is 0.615. The minimum Gasteiger partial charge on any atom is -0.384 e. The summed E-state index contributed by atoms with van der Waals surface area (Å²) in [5.74, 6) is 2.17. The standard InChI is InChI=1S/C13H21N5O/c1-8(2)12-16-10(14)7-11(17-12)18-6-4-5-9(18)13(19)15-3/h7-9H,4-6H2,1-3H3,(H,15,19)(H2,14,16,17). The number of hydrogen-bond donors (Lipinski definition) is 2. The first-order valence-corrected chi connectivity index (χ1v) is 6.65. The number of aromatic nitrogens is 2. The SMILES string of the molecule is CNC(=O)C1CCCN1c1cc(N)nc(C(C)C)n1. The number of rotatable bonds is 3. The normalized spacial score (nSPS) is 18.9. The van der Waals surface area contributed by atoms with Gasteiger partial charge in [-0.15, -0.1) is 0 Å². The van der Waals surface area contributed by atoms with Crippen LogP contribution in [0.1, 0.15) is 38.4 Å². The lowest BCUT2D eigenvalue weighted by molar-refractivity contribution is -0.121. The number of nitrogens with two attached hydrogens (primary N) is 1. The van der Waals surface area contributed by atoms with Crippen LogP contribution < -0.4 is 16.0 Å². The van der Waals surface area contributed by atoms with Crippen LogP contribution in [0.25, 0.3) is 0 Å². The Kier molecular flexibility index (Phi) is 3.87. The topological polar surface area (TPSA) is 84.1 Å². The van der Waals surface area contributed by atoms with Crippen molar-refractivity contribution in [3.63, 3.8) is 0 Å². The summed E-state index contributed by atoms with van der Waals surface area (Å²) in [5.41, 5.74) is 5.84. The second-order valence-electron chi connectivity index (χ2n) is 5.13. The Morgan fingerprint density at radius 2 is 2.26 bits per heavy atom. The number of likely N-dealkylation sites (N-methyl/N-ethyl adjacent to an activating group) is 1. The number of carbonyl (C=O) groups excluding carboxylic acids is 1. The molecule has 1 aliphatic rings. The van der Waals surface area contributed by atoms with Gasteiger partial charge in [0.25, 0.3) is 0 Å². The molecule has 0 aromatic carbocycles. The van der Waals surface area contributed by atoms with Gasteiger partial charge in [0.15, 0.2) is 0 Å². The smallest absolute Gasteiger partial charge is 0.242 e. The van der Waals surface area contributed by atoms with E-state index in [-0.39, 0.29) is 17.9 Å². The summed E-state index contributed by atoms with van der Waals surface area (Å²) in [6, 6.07) is 1.59. The van der Waals surface area contributed by atoms with Crippen LogP contribution in [0, 0.1) is 0 Å². The number of amides is 1. The van der Waals surface area contributed by atoms with Crippen LogP contribution >= 0.6 is 0 Å². The van der Waals surface area contributed by atoms with Gasteiger partial charge in [0.05, 0.1) is 0 Å². The molecule has 1 aliphatic heterocycles. The molecule has 3 N–H and O–H groups in total. The van der Waals surface area contributed by atoms with E-state index in [1.807, 2.05) is 18.7 Å². The first-order chi connectivity index (χ1) is 9.02. The molecule has 19 heavy (non-hydrogen) atoms. The molecule has 1 atom stereocenters. The Hall–Kier alpha value is -1.85. The summed E-state index contributed by atoms with van der Waals surface area (Å²) in [6.07, 6.45) is 1.83. The van der Waals surface area contributed by atoms with Gasteiger partial charge >= 0.3 is 0 Å². The molecule has 2 rings (SSSR count). The summed E-state index contributed by atoms with van der Waals surface area (Å²) in [6.45, 7) is 4.88. The third-order valence-electron chi connectivity index (χ3n) is 3.36. The third-order valence-corrected chi connectivity index (χ3v) is 3.36. The monoisotopic (exact) mass is 263 g/mol. The van der Waals surface area contributed by atoms with E-state index < -0.39 is 0 Å². The lowest BCUT2D eigenvalue weighted by Crippen LogP contribution is -2.42. The van der Waals surface area contributed by atoms with E-state index in [0.29, 0.717) is 5.82 Å². The molecule has 1 aromatic heterocycles. The van der Waals surface area contributed by atoms with Crippen molar-refractivity contribution < 1.29 is 4.79 Å². The van der Waals surface area contributed by atoms with Crippen LogP contribution in [0.15, 0.2) is 6.07 Å². The fourth-order valence-electron chi connectivity index (χ4n) is 2.36. The quantitative estimate of drug-likeness (QED) is 0.846. The van der Waals surface area contributed by atoms with Crippen molar-refractivity contribution >= 4 is 17.5 Å². The van der Waals surface area contributed by atoms with Crippen molar-refractivity contribution in [1.29, 1.82) is 0 Å². The Morgan fingerprint density at radius 1 is 1.53 bits per heavy atom. The molecule has 0 spiro atoms.